The number of urea groups is 1. The van der Waals surface area contributed by atoms with E-state index in [0.717, 1.165) is 0 Å². The molecular formula is C9H13ClN2O2. The lowest BCUT2D eigenvalue weighted by Crippen LogP contribution is -2.45. The lowest BCUT2D eigenvalue weighted by Gasteiger charge is -2.18. The third-order valence-corrected chi connectivity index (χ3v) is 1.74. The maximum atomic E-state index is 11.3. The quantitative estimate of drug-likeness (QED) is 0.561. The Hall–Kier alpha value is -1.21. The van der Waals surface area contributed by atoms with Gasteiger partial charge in [-0.1, -0.05) is 5.92 Å². The SMILES string of the molecule is C#CCN(CC)C(=O)NC(=O)C(C)Cl. The lowest BCUT2D eigenvalue weighted by atomic mass is 10.4. The fourth-order valence-electron chi connectivity index (χ4n) is 0.721. The summed E-state index contributed by atoms with van der Waals surface area (Å²) in [4.78, 5) is 23.7. The average Bonchev–Trinajstić information content (AvgIpc) is 2.13. The predicted octanol–water partition coefficient (Wildman–Crippen LogP) is 0.805. The van der Waals surface area contributed by atoms with Crippen LogP contribution in [-0.4, -0.2) is 35.3 Å². The maximum Gasteiger partial charge on any atom is 0.324 e. The molecule has 3 amide bonds. The summed E-state index contributed by atoms with van der Waals surface area (Å²) in [5.41, 5.74) is 0. The van der Waals surface area contributed by atoms with Gasteiger partial charge in [-0.15, -0.1) is 18.0 Å². The molecule has 0 fully saturated rings. The number of hydrogen-bond donors (Lipinski definition) is 1. The van der Waals surface area contributed by atoms with Gasteiger partial charge in [-0.25, -0.2) is 4.79 Å². The molecule has 14 heavy (non-hydrogen) atoms. The standard InChI is InChI=1S/C9H13ClN2O2/c1-4-6-12(5-2)9(14)11-8(13)7(3)10/h1,7H,5-6H2,2-3H3,(H,11,13,14). The Kier molecular flexibility index (Phi) is 5.73. The summed E-state index contributed by atoms with van der Waals surface area (Å²) in [6.45, 7) is 3.87. The number of hydrogen-bond acceptors (Lipinski definition) is 2. The summed E-state index contributed by atoms with van der Waals surface area (Å²) < 4.78 is 0. The summed E-state index contributed by atoms with van der Waals surface area (Å²) >= 11 is 5.47. The van der Waals surface area contributed by atoms with Crippen LogP contribution in [0.25, 0.3) is 0 Å². The van der Waals surface area contributed by atoms with Crippen LogP contribution in [0.3, 0.4) is 0 Å². The molecule has 0 aromatic rings. The number of carbonyl (C=O) groups excluding carboxylic acids is 2. The van der Waals surface area contributed by atoms with Crippen molar-refractivity contribution in [1.82, 2.24) is 10.2 Å². The zero-order valence-electron chi connectivity index (χ0n) is 8.21. The summed E-state index contributed by atoms with van der Waals surface area (Å²) in [6.07, 6.45) is 5.05. The topological polar surface area (TPSA) is 49.4 Å². The van der Waals surface area contributed by atoms with E-state index in [1.807, 2.05) is 0 Å². The van der Waals surface area contributed by atoms with Crippen LogP contribution in [-0.2, 0) is 4.79 Å². The minimum absolute atomic E-state index is 0.173. The van der Waals surface area contributed by atoms with Crippen molar-refractivity contribution in [2.24, 2.45) is 0 Å². The summed E-state index contributed by atoms with van der Waals surface area (Å²) in [5.74, 6) is 1.80. The molecule has 0 bridgehead atoms. The van der Waals surface area contributed by atoms with Gasteiger partial charge in [0.2, 0.25) is 5.91 Å². The maximum absolute atomic E-state index is 11.3. The van der Waals surface area contributed by atoms with E-state index in [1.165, 1.54) is 11.8 Å². The van der Waals surface area contributed by atoms with Crippen molar-refractivity contribution < 1.29 is 9.59 Å². The molecular weight excluding hydrogens is 204 g/mol. The zero-order valence-corrected chi connectivity index (χ0v) is 8.97. The lowest BCUT2D eigenvalue weighted by molar-refractivity contribution is -0.119. The number of terminal acetylenes is 1. The Morgan fingerprint density at radius 3 is 2.57 bits per heavy atom. The van der Waals surface area contributed by atoms with Gasteiger partial charge < -0.3 is 4.90 Å². The van der Waals surface area contributed by atoms with Gasteiger partial charge in [-0.2, -0.15) is 0 Å². The van der Waals surface area contributed by atoms with Gasteiger partial charge in [0, 0.05) is 6.54 Å². The number of rotatable bonds is 3. The Balaban J connectivity index is 4.19. The Morgan fingerprint density at radius 2 is 2.21 bits per heavy atom. The van der Waals surface area contributed by atoms with E-state index in [1.54, 1.807) is 6.92 Å². The van der Waals surface area contributed by atoms with Crippen LogP contribution >= 0.6 is 11.6 Å². The van der Waals surface area contributed by atoms with E-state index in [4.69, 9.17) is 18.0 Å². The van der Waals surface area contributed by atoms with Crippen LogP contribution < -0.4 is 5.32 Å². The first-order valence-electron chi connectivity index (χ1n) is 4.20. The van der Waals surface area contributed by atoms with E-state index in [-0.39, 0.29) is 6.54 Å². The van der Waals surface area contributed by atoms with Crippen LogP contribution in [0, 0.1) is 12.3 Å². The highest BCUT2D eigenvalue weighted by Crippen LogP contribution is 1.94. The highest BCUT2D eigenvalue weighted by Gasteiger charge is 2.16. The second-order valence-corrected chi connectivity index (χ2v) is 3.28. The van der Waals surface area contributed by atoms with Crippen LogP contribution in [0.4, 0.5) is 4.79 Å². The largest absolute Gasteiger partial charge is 0.324 e. The van der Waals surface area contributed by atoms with Crippen LogP contribution in [0.5, 0.6) is 0 Å². The number of halogens is 1. The van der Waals surface area contributed by atoms with E-state index < -0.39 is 17.3 Å². The van der Waals surface area contributed by atoms with Crippen molar-refractivity contribution in [2.75, 3.05) is 13.1 Å². The molecule has 1 unspecified atom stereocenters. The number of carbonyl (C=O) groups is 2. The molecule has 0 saturated heterocycles. The van der Waals surface area contributed by atoms with E-state index in [9.17, 15) is 9.59 Å². The van der Waals surface area contributed by atoms with Crippen molar-refractivity contribution in [2.45, 2.75) is 19.2 Å². The molecule has 0 heterocycles. The van der Waals surface area contributed by atoms with Gasteiger partial charge in [0.1, 0.15) is 5.38 Å². The smallest absolute Gasteiger partial charge is 0.314 e. The third-order valence-electron chi connectivity index (χ3n) is 1.54. The molecule has 0 aliphatic carbocycles. The number of nitrogens with zero attached hydrogens (tertiary/aromatic N) is 1. The van der Waals surface area contributed by atoms with Crippen molar-refractivity contribution in [1.29, 1.82) is 0 Å². The highest BCUT2D eigenvalue weighted by atomic mass is 35.5. The van der Waals surface area contributed by atoms with Gasteiger partial charge in [0.15, 0.2) is 0 Å². The van der Waals surface area contributed by atoms with E-state index >= 15 is 0 Å². The molecule has 1 atom stereocenters. The summed E-state index contributed by atoms with van der Waals surface area (Å²) in [5, 5.41) is 1.40. The van der Waals surface area contributed by atoms with E-state index in [2.05, 4.69) is 11.2 Å². The third kappa shape index (κ3) is 4.15. The van der Waals surface area contributed by atoms with Crippen LogP contribution in [0.1, 0.15) is 13.8 Å². The van der Waals surface area contributed by atoms with Crippen LogP contribution in [0.2, 0.25) is 0 Å². The number of nitrogens with one attached hydrogen (secondary N) is 1. The molecule has 0 aliphatic heterocycles. The van der Waals surface area contributed by atoms with Gasteiger partial charge in [-0.3, -0.25) is 10.1 Å². The Labute approximate surface area is 88.6 Å². The molecule has 1 N–H and O–H groups in total. The average molecular weight is 217 g/mol. The Morgan fingerprint density at radius 1 is 1.64 bits per heavy atom. The fourth-order valence-corrected chi connectivity index (χ4v) is 0.776. The first-order valence-corrected chi connectivity index (χ1v) is 4.63. The molecule has 78 valence electrons. The van der Waals surface area contributed by atoms with Crippen molar-refractivity contribution in [3.8, 4) is 12.3 Å². The van der Waals surface area contributed by atoms with Crippen molar-refractivity contribution >= 4 is 23.5 Å². The molecule has 0 aromatic heterocycles. The first-order chi connectivity index (χ1) is 6.52. The zero-order chi connectivity index (χ0) is 11.1. The molecule has 0 rings (SSSR count). The van der Waals surface area contributed by atoms with Crippen molar-refractivity contribution in [3.63, 3.8) is 0 Å². The molecule has 0 saturated carbocycles. The highest BCUT2D eigenvalue weighted by molar-refractivity contribution is 6.31. The minimum Gasteiger partial charge on any atom is -0.314 e. The minimum atomic E-state index is -0.733. The summed E-state index contributed by atoms with van der Waals surface area (Å²) in [6, 6.07) is -0.511. The molecule has 0 aromatic carbocycles. The Bertz CT molecular complexity index is 258. The molecule has 0 aliphatic rings. The number of imide groups is 1. The molecule has 0 spiro atoms. The van der Waals surface area contributed by atoms with Gasteiger partial charge in [0.25, 0.3) is 0 Å². The normalized spacial score (nSPS) is 11.3. The van der Waals surface area contributed by atoms with Crippen molar-refractivity contribution in [3.05, 3.63) is 0 Å². The predicted molar refractivity (Wildman–Crippen MR) is 54.9 cm³/mol. The molecule has 5 heteroatoms. The number of alkyl halides is 1. The first kappa shape index (κ1) is 12.8. The number of amides is 3. The van der Waals surface area contributed by atoms with Gasteiger partial charge in [0.05, 0.1) is 6.54 Å². The monoisotopic (exact) mass is 216 g/mol. The van der Waals surface area contributed by atoms with E-state index in [0.29, 0.717) is 6.54 Å². The fraction of sp³-hybridized carbons (Fsp3) is 0.556. The molecule has 0 radical (unpaired) electrons. The second kappa shape index (κ2) is 6.28. The molecule has 4 nitrogen and oxygen atoms in total. The van der Waals surface area contributed by atoms with Gasteiger partial charge >= 0.3 is 6.03 Å². The van der Waals surface area contributed by atoms with Crippen LogP contribution in [0.15, 0.2) is 0 Å². The van der Waals surface area contributed by atoms with Gasteiger partial charge in [-0.05, 0) is 13.8 Å². The second-order valence-electron chi connectivity index (χ2n) is 2.63. The summed E-state index contributed by atoms with van der Waals surface area (Å²) in [7, 11) is 0.